The van der Waals surface area contributed by atoms with Crippen molar-refractivity contribution in [3.63, 3.8) is 0 Å². The summed E-state index contributed by atoms with van der Waals surface area (Å²) in [5, 5.41) is 0. The van der Waals surface area contributed by atoms with Gasteiger partial charge in [-0.2, -0.15) is 0 Å². The van der Waals surface area contributed by atoms with Crippen molar-refractivity contribution in [2.45, 2.75) is 0 Å². The Morgan fingerprint density at radius 1 is 1.75 bits per heavy atom. The first-order valence-electron chi connectivity index (χ1n) is 0.478. The second-order valence-electron chi connectivity index (χ2n) is 0.109. The Balaban J connectivity index is 0. The fourth-order valence-electron chi connectivity index (χ4n) is 0. The highest BCUT2D eigenvalue weighted by Gasteiger charge is 1.13. The molecule has 0 aliphatic rings. The summed E-state index contributed by atoms with van der Waals surface area (Å²) in [6, 6.07) is 0. The molecule has 0 nitrogen and oxygen atoms in total. The standard InChI is InChI=1S/C2HI.HI/c1-2-3;/h1H;1H. The van der Waals surface area contributed by atoms with Gasteiger partial charge in [0.25, 0.3) is 0 Å². The van der Waals surface area contributed by atoms with Crippen LogP contribution in [-0.2, 0) is 0 Å². The van der Waals surface area contributed by atoms with Crippen molar-refractivity contribution < 1.29 is 0 Å². The van der Waals surface area contributed by atoms with Crippen LogP contribution < -0.4 is 0 Å². The number of rotatable bonds is 0. The maximum absolute atomic E-state index is 4.58. The van der Waals surface area contributed by atoms with Crippen molar-refractivity contribution in [2.75, 3.05) is 0 Å². The Morgan fingerprint density at radius 2 is 1.75 bits per heavy atom. The number of hydrogen-bond acceptors (Lipinski definition) is 0. The van der Waals surface area contributed by atoms with E-state index in [1.807, 2.05) is 22.6 Å². The first-order valence-corrected chi connectivity index (χ1v) is 1.56. The van der Waals surface area contributed by atoms with Crippen molar-refractivity contribution in [2.24, 2.45) is 0 Å². The van der Waals surface area contributed by atoms with Gasteiger partial charge in [0.1, 0.15) is 0 Å². The molecule has 0 amide bonds. The molecule has 0 heterocycles. The molecule has 2 heteroatoms. The third-order valence-corrected chi connectivity index (χ3v) is 0. The minimum absolute atomic E-state index is 0. The highest BCUT2D eigenvalue weighted by atomic mass is 127. The minimum Gasteiger partial charge on any atom is -0.109 e. The van der Waals surface area contributed by atoms with Gasteiger partial charge in [0.15, 0.2) is 0 Å². The van der Waals surface area contributed by atoms with Gasteiger partial charge in [0, 0.05) is 22.6 Å². The zero-order chi connectivity index (χ0) is 2.71. The molecule has 0 aromatic heterocycles. The van der Waals surface area contributed by atoms with E-state index in [9.17, 15) is 0 Å². The van der Waals surface area contributed by atoms with Gasteiger partial charge in [-0.3, -0.25) is 0 Å². The van der Waals surface area contributed by atoms with Crippen LogP contribution >= 0.6 is 46.6 Å². The van der Waals surface area contributed by atoms with E-state index in [0.29, 0.717) is 0 Å². The van der Waals surface area contributed by atoms with Gasteiger partial charge < -0.3 is 0 Å². The fraction of sp³-hybridized carbons (Fsp3) is 0. The van der Waals surface area contributed by atoms with Gasteiger partial charge in [0.05, 0.1) is 0 Å². The molecule has 0 aliphatic heterocycles. The Bertz CT molecular complexity index is 25.5. The highest BCUT2D eigenvalue weighted by molar-refractivity contribution is 14.1. The van der Waals surface area contributed by atoms with Crippen LogP contribution in [0.3, 0.4) is 0 Å². The summed E-state index contributed by atoms with van der Waals surface area (Å²) in [6.07, 6.45) is 4.58. The third kappa shape index (κ3) is 11.8. The van der Waals surface area contributed by atoms with Crippen molar-refractivity contribution in [1.29, 1.82) is 0 Å². The summed E-state index contributed by atoms with van der Waals surface area (Å²) in [5.41, 5.74) is 0. The average Bonchev–Trinajstić information content (AvgIpc) is 0.918. The summed E-state index contributed by atoms with van der Waals surface area (Å²) in [5.74, 6) is 0. The molecular formula is C2H2I2. The number of hydrogen-bond donors (Lipinski definition) is 0. The van der Waals surface area contributed by atoms with Crippen LogP contribution in [-0.4, -0.2) is 0 Å². The van der Waals surface area contributed by atoms with Crippen LogP contribution in [0.15, 0.2) is 0 Å². The average molecular weight is 280 g/mol. The number of halogens is 2. The lowest BCUT2D eigenvalue weighted by atomic mass is 11.4. The van der Waals surface area contributed by atoms with Crippen LogP contribution in [0.25, 0.3) is 0 Å². The lowest BCUT2D eigenvalue weighted by molar-refractivity contribution is 3.26. The second kappa shape index (κ2) is 8.99. The van der Waals surface area contributed by atoms with E-state index in [1.54, 1.807) is 0 Å². The lowest BCUT2D eigenvalue weighted by Gasteiger charge is -1.18. The van der Waals surface area contributed by atoms with Crippen molar-refractivity contribution in [3.05, 3.63) is 0 Å². The van der Waals surface area contributed by atoms with E-state index >= 15 is 0 Å². The summed E-state index contributed by atoms with van der Waals surface area (Å²) in [4.78, 5) is 0. The van der Waals surface area contributed by atoms with E-state index in [-0.39, 0.29) is 24.0 Å². The molecule has 0 unspecified atom stereocenters. The van der Waals surface area contributed by atoms with Gasteiger partial charge in [-0.15, -0.1) is 30.4 Å². The molecule has 4 heavy (non-hydrogen) atoms. The summed E-state index contributed by atoms with van der Waals surface area (Å²) in [7, 11) is 0. The van der Waals surface area contributed by atoms with Gasteiger partial charge >= 0.3 is 0 Å². The molecule has 0 N–H and O–H groups in total. The van der Waals surface area contributed by atoms with Crippen LogP contribution in [0, 0.1) is 10.4 Å². The van der Waals surface area contributed by atoms with Gasteiger partial charge in [-0.25, -0.2) is 0 Å². The minimum atomic E-state index is 0. The van der Waals surface area contributed by atoms with E-state index in [1.165, 1.54) is 0 Å². The Morgan fingerprint density at radius 3 is 1.75 bits per heavy atom. The van der Waals surface area contributed by atoms with E-state index in [4.69, 9.17) is 0 Å². The lowest BCUT2D eigenvalue weighted by Crippen LogP contribution is -0.916. The van der Waals surface area contributed by atoms with Gasteiger partial charge in [-0.1, -0.05) is 0 Å². The molecule has 0 radical (unpaired) electrons. The molecule has 0 bridgehead atoms. The Hall–Kier alpha value is 1.02. The second-order valence-corrected chi connectivity index (χ2v) is 0.732. The molecular weight excluding hydrogens is 278 g/mol. The van der Waals surface area contributed by atoms with Crippen LogP contribution in [0.2, 0.25) is 0 Å². The molecule has 0 atom stereocenters. The van der Waals surface area contributed by atoms with Crippen molar-refractivity contribution in [1.82, 2.24) is 0 Å². The smallest absolute Gasteiger partial charge is 0.0178 e. The maximum atomic E-state index is 4.58. The normalized spacial score (nSPS) is 2.00. The molecule has 0 aromatic carbocycles. The highest BCUT2D eigenvalue weighted by Crippen LogP contribution is 1.60. The summed E-state index contributed by atoms with van der Waals surface area (Å²) < 4.78 is 2.22. The molecule has 0 aromatic rings. The molecule has 0 rings (SSSR count). The molecule has 24 valence electrons. The summed E-state index contributed by atoms with van der Waals surface area (Å²) >= 11 is 1.82. The molecule has 0 saturated heterocycles. The van der Waals surface area contributed by atoms with E-state index in [0.717, 1.165) is 0 Å². The van der Waals surface area contributed by atoms with E-state index < -0.39 is 0 Å². The Kier molecular flexibility index (Phi) is 20.0. The molecule has 0 spiro atoms. The largest absolute Gasteiger partial charge is 0.109 e. The SMILES string of the molecule is C#CI.I. The van der Waals surface area contributed by atoms with Gasteiger partial charge in [-0.05, 0) is 3.93 Å². The molecule has 0 aliphatic carbocycles. The monoisotopic (exact) mass is 280 g/mol. The van der Waals surface area contributed by atoms with E-state index in [2.05, 4.69) is 10.4 Å². The third-order valence-electron chi connectivity index (χ3n) is 0. The van der Waals surface area contributed by atoms with Crippen LogP contribution in [0.4, 0.5) is 0 Å². The van der Waals surface area contributed by atoms with Crippen molar-refractivity contribution >= 4 is 46.6 Å². The number of terminal acetylenes is 1. The first-order chi connectivity index (χ1) is 1.41. The van der Waals surface area contributed by atoms with Crippen LogP contribution in [0.1, 0.15) is 0 Å². The predicted molar refractivity (Wildman–Crippen MR) is 38.3 cm³/mol. The quantitative estimate of drug-likeness (QED) is 0.467. The predicted octanol–water partition coefficient (Wildman–Crippen LogP) is 1.63. The van der Waals surface area contributed by atoms with Crippen molar-refractivity contribution in [3.8, 4) is 10.4 Å². The molecule has 0 fully saturated rings. The topological polar surface area (TPSA) is 0 Å². The zero-order valence-electron chi connectivity index (χ0n) is 1.86. The molecule has 0 saturated carbocycles. The fourth-order valence-corrected chi connectivity index (χ4v) is 0. The first kappa shape index (κ1) is 8.89. The Labute approximate surface area is 56.5 Å². The maximum Gasteiger partial charge on any atom is 0.0178 e. The van der Waals surface area contributed by atoms with Crippen LogP contribution in [0.5, 0.6) is 0 Å². The zero-order valence-corrected chi connectivity index (χ0v) is 6.35. The summed E-state index contributed by atoms with van der Waals surface area (Å²) in [6.45, 7) is 0. The van der Waals surface area contributed by atoms with Gasteiger partial charge in [0.2, 0.25) is 0 Å².